The highest BCUT2D eigenvalue weighted by molar-refractivity contribution is 5.94. The van der Waals surface area contributed by atoms with Gasteiger partial charge in [0.15, 0.2) is 0 Å². The molecule has 1 aliphatic rings. The summed E-state index contributed by atoms with van der Waals surface area (Å²) in [6, 6.07) is 9.42. The van der Waals surface area contributed by atoms with E-state index in [1.165, 1.54) is 30.5 Å². The van der Waals surface area contributed by atoms with E-state index in [4.69, 9.17) is 0 Å². The number of pyridine rings is 1. The Kier molecular flexibility index (Phi) is 4.41. The number of benzene rings is 1. The predicted octanol–water partition coefficient (Wildman–Crippen LogP) is 1.91. The van der Waals surface area contributed by atoms with E-state index in [2.05, 4.69) is 15.2 Å². The summed E-state index contributed by atoms with van der Waals surface area (Å²) in [4.78, 5) is 27.8. The van der Waals surface area contributed by atoms with Crippen LogP contribution in [0.3, 0.4) is 0 Å². The number of aromatic nitrogens is 1. The lowest BCUT2D eigenvalue weighted by molar-refractivity contribution is 0.0930. The van der Waals surface area contributed by atoms with Crippen LogP contribution in [0, 0.1) is 5.82 Å². The summed E-state index contributed by atoms with van der Waals surface area (Å²) in [7, 11) is 0. The maximum absolute atomic E-state index is 13.0. The zero-order valence-corrected chi connectivity index (χ0v) is 12.6. The Labute approximate surface area is 133 Å². The number of nitrogens with one attached hydrogen (secondary N) is 2. The van der Waals surface area contributed by atoms with Crippen molar-refractivity contribution in [3.05, 3.63) is 64.3 Å². The van der Waals surface area contributed by atoms with Gasteiger partial charge < -0.3 is 15.2 Å². The SMILES string of the molecule is O=C(NC1CCN(c2ccc(F)cc2)CC1)c1ccc(=O)[nH]c1. The van der Waals surface area contributed by atoms with Crippen LogP contribution in [0.4, 0.5) is 10.1 Å². The molecule has 1 fully saturated rings. The molecule has 120 valence electrons. The lowest BCUT2D eigenvalue weighted by Crippen LogP contribution is -2.44. The van der Waals surface area contributed by atoms with Gasteiger partial charge in [0.05, 0.1) is 5.56 Å². The average Bonchev–Trinajstić information content (AvgIpc) is 2.57. The molecule has 2 N–H and O–H groups in total. The summed E-state index contributed by atoms with van der Waals surface area (Å²) in [5.41, 5.74) is 1.22. The molecule has 3 rings (SSSR count). The predicted molar refractivity (Wildman–Crippen MR) is 86.2 cm³/mol. The number of carbonyl (C=O) groups is 1. The first-order chi connectivity index (χ1) is 11.1. The van der Waals surface area contributed by atoms with Gasteiger partial charge in [0, 0.05) is 37.1 Å². The maximum atomic E-state index is 13.0. The van der Waals surface area contributed by atoms with Gasteiger partial charge in [-0.1, -0.05) is 0 Å². The van der Waals surface area contributed by atoms with Crippen molar-refractivity contribution in [1.29, 1.82) is 0 Å². The normalized spacial score (nSPS) is 15.4. The minimum Gasteiger partial charge on any atom is -0.371 e. The first-order valence-corrected chi connectivity index (χ1v) is 7.62. The van der Waals surface area contributed by atoms with Crippen LogP contribution >= 0.6 is 0 Å². The number of piperidine rings is 1. The Morgan fingerprint density at radius 3 is 2.43 bits per heavy atom. The fourth-order valence-corrected chi connectivity index (χ4v) is 2.75. The third-order valence-electron chi connectivity index (χ3n) is 4.07. The Morgan fingerprint density at radius 2 is 1.83 bits per heavy atom. The minimum absolute atomic E-state index is 0.103. The van der Waals surface area contributed by atoms with Gasteiger partial charge >= 0.3 is 0 Å². The van der Waals surface area contributed by atoms with Crippen molar-refractivity contribution >= 4 is 11.6 Å². The summed E-state index contributed by atoms with van der Waals surface area (Å²) < 4.78 is 13.0. The van der Waals surface area contributed by atoms with E-state index >= 15 is 0 Å². The summed E-state index contributed by atoms with van der Waals surface area (Å²) in [6.07, 6.45) is 3.07. The van der Waals surface area contributed by atoms with Crippen LogP contribution in [0.5, 0.6) is 0 Å². The van der Waals surface area contributed by atoms with E-state index in [9.17, 15) is 14.0 Å². The number of rotatable bonds is 3. The summed E-state index contributed by atoms with van der Waals surface area (Å²) >= 11 is 0. The molecule has 0 saturated carbocycles. The van der Waals surface area contributed by atoms with Crippen LogP contribution < -0.4 is 15.8 Å². The molecule has 5 nitrogen and oxygen atoms in total. The second kappa shape index (κ2) is 6.64. The fourth-order valence-electron chi connectivity index (χ4n) is 2.75. The first-order valence-electron chi connectivity index (χ1n) is 7.62. The number of amides is 1. The van der Waals surface area contributed by atoms with Crippen molar-refractivity contribution in [3.63, 3.8) is 0 Å². The molecule has 0 unspecified atom stereocenters. The van der Waals surface area contributed by atoms with Crippen molar-refractivity contribution < 1.29 is 9.18 Å². The standard InChI is InChI=1S/C17H18FN3O2/c18-13-2-4-15(5-3-13)21-9-7-14(8-10-21)20-17(23)12-1-6-16(22)19-11-12/h1-6,11,14H,7-10H2,(H,19,22)(H,20,23). The number of anilines is 1. The number of H-pyrrole nitrogens is 1. The molecule has 1 amide bonds. The maximum Gasteiger partial charge on any atom is 0.252 e. The second-order valence-electron chi connectivity index (χ2n) is 5.65. The zero-order valence-electron chi connectivity index (χ0n) is 12.6. The molecule has 0 aliphatic carbocycles. The van der Waals surface area contributed by atoms with Gasteiger partial charge in [0.25, 0.3) is 5.91 Å². The van der Waals surface area contributed by atoms with Gasteiger partial charge in [-0.2, -0.15) is 0 Å². The number of hydrogen-bond acceptors (Lipinski definition) is 3. The van der Waals surface area contributed by atoms with E-state index < -0.39 is 0 Å². The average molecular weight is 315 g/mol. The smallest absolute Gasteiger partial charge is 0.252 e. The van der Waals surface area contributed by atoms with Gasteiger partial charge in [-0.15, -0.1) is 0 Å². The Balaban J connectivity index is 1.54. The van der Waals surface area contributed by atoms with Crippen molar-refractivity contribution in [1.82, 2.24) is 10.3 Å². The monoisotopic (exact) mass is 315 g/mol. The molecule has 6 heteroatoms. The molecule has 1 aliphatic heterocycles. The minimum atomic E-state index is -0.239. The van der Waals surface area contributed by atoms with Gasteiger partial charge in [-0.25, -0.2) is 4.39 Å². The van der Waals surface area contributed by atoms with Crippen LogP contribution in [-0.4, -0.2) is 30.0 Å². The molecule has 2 heterocycles. The van der Waals surface area contributed by atoms with Crippen molar-refractivity contribution in [2.75, 3.05) is 18.0 Å². The van der Waals surface area contributed by atoms with Gasteiger partial charge in [-0.05, 0) is 43.2 Å². The highest BCUT2D eigenvalue weighted by Gasteiger charge is 2.21. The Morgan fingerprint density at radius 1 is 1.13 bits per heavy atom. The van der Waals surface area contributed by atoms with E-state index in [1.807, 2.05) is 0 Å². The molecule has 0 spiro atoms. The lowest BCUT2D eigenvalue weighted by atomic mass is 10.0. The zero-order chi connectivity index (χ0) is 16.2. The third-order valence-corrected chi connectivity index (χ3v) is 4.07. The van der Waals surface area contributed by atoms with E-state index in [0.717, 1.165) is 31.6 Å². The molecule has 0 radical (unpaired) electrons. The van der Waals surface area contributed by atoms with Gasteiger partial charge in [-0.3, -0.25) is 9.59 Å². The molecule has 0 atom stereocenters. The van der Waals surface area contributed by atoms with Crippen LogP contribution in [0.1, 0.15) is 23.2 Å². The Hall–Kier alpha value is -2.63. The second-order valence-corrected chi connectivity index (χ2v) is 5.65. The van der Waals surface area contributed by atoms with Crippen LogP contribution in [0.25, 0.3) is 0 Å². The summed E-state index contributed by atoms with van der Waals surface area (Å²) in [5, 5.41) is 2.99. The number of nitrogens with zero attached hydrogens (tertiary/aromatic N) is 1. The van der Waals surface area contributed by atoms with E-state index in [0.29, 0.717) is 5.56 Å². The molecule has 1 aromatic carbocycles. The highest BCUT2D eigenvalue weighted by Crippen LogP contribution is 2.20. The molecule has 0 bridgehead atoms. The highest BCUT2D eigenvalue weighted by atomic mass is 19.1. The fraction of sp³-hybridized carbons (Fsp3) is 0.294. The molecule has 23 heavy (non-hydrogen) atoms. The van der Waals surface area contributed by atoms with Crippen molar-refractivity contribution in [2.45, 2.75) is 18.9 Å². The molecule has 2 aromatic rings. The quantitative estimate of drug-likeness (QED) is 0.909. The third kappa shape index (κ3) is 3.77. The topological polar surface area (TPSA) is 65.2 Å². The van der Waals surface area contributed by atoms with Crippen LogP contribution in [0.15, 0.2) is 47.4 Å². The summed E-state index contributed by atoms with van der Waals surface area (Å²) in [6.45, 7) is 1.62. The van der Waals surface area contributed by atoms with E-state index in [-0.39, 0.29) is 23.3 Å². The molecular formula is C17H18FN3O2. The largest absolute Gasteiger partial charge is 0.371 e. The molecule has 1 saturated heterocycles. The number of aromatic amines is 1. The van der Waals surface area contributed by atoms with Crippen molar-refractivity contribution in [2.24, 2.45) is 0 Å². The molecule has 1 aromatic heterocycles. The van der Waals surface area contributed by atoms with Gasteiger partial charge in [0.1, 0.15) is 5.82 Å². The number of halogens is 1. The number of carbonyl (C=O) groups excluding carboxylic acids is 1. The van der Waals surface area contributed by atoms with Crippen LogP contribution in [0.2, 0.25) is 0 Å². The summed E-state index contributed by atoms with van der Waals surface area (Å²) in [5.74, 6) is -0.418. The molecular weight excluding hydrogens is 297 g/mol. The van der Waals surface area contributed by atoms with Crippen molar-refractivity contribution in [3.8, 4) is 0 Å². The van der Waals surface area contributed by atoms with Gasteiger partial charge in [0.2, 0.25) is 5.56 Å². The number of hydrogen-bond donors (Lipinski definition) is 2. The Bertz CT molecular complexity index is 714. The van der Waals surface area contributed by atoms with Crippen LogP contribution in [-0.2, 0) is 0 Å². The lowest BCUT2D eigenvalue weighted by Gasteiger charge is -2.34. The first kappa shape index (κ1) is 15.3. The van der Waals surface area contributed by atoms with E-state index in [1.54, 1.807) is 12.1 Å².